The number of carbonyl (C=O) groups excluding carboxylic acids is 1. The molecule has 0 fully saturated rings. The van der Waals surface area contributed by atoms with Crippen molar-refractivity contribution in [3.05, 3.63) is 58.9 Å². The predicted molar refractivity (Wildman–Crippen MR) is 117 cm³/mol. The lowest BCUT2D eigenvalue weighted by Gasteiger charge is -2.19. The van der Waals surface area contributed by atoms with Crippen LogP contribution in [0.4, 0.5) is 0 Å². The third-order valence-electron chi connectivity index (χ3n) is 5.69. The number of rotatable bonds is 6. The Morgan fingerprint density at radius 1 is 1.13 bits per heavy atom. The topological polar surface area (TPSA) is 84.2 Å². The minimum atomic E-state index is -0.959. The van der Waals surface area contributed by atoms with Crippen LogP contribution in [0.3, 0.4) is 0 Å². The maximum Gasteiger partial charge on any atom is 0.303 e. The molecule has 6 heteroatoms. The molecule has 1 aromatic carbocycles. The molecule has 2 atom stereocenters. The summed E-state index contributed by atoms with van der Waals surface area (Å²) in [5.41, 5.74) is 5.71. The van der Waals surface area contributed by atoms with Crippen LogP contribution in [0.5, 0.6) is 0 Å². The molecule has 1 amide bonds. The van der Waals surface area contributed by atoms with Gasteiger partial charge in [-0.25, -0.2) is 4.68 Å². The molecule has 1 aliphatic rings. The van der Waals surface area contributed by atoms with Crippen LogP contribution >= 0.6 is 0 Å². The molecule has 1 heterocycles. The normalized spacial score (nSPS) is 18.6. The third-order valence-corrected chi connectivity index (χ3v) is 5.69. The molecule has 0 saturated carbocycles. The van der Waals surface area contributed by atoms with E-state index in [-0.39, 0.29) is 36.1 Å². The predicted octanol–water partition coefficient (Wildman–Crippen LogP) is 4.18. The van der Waals surface area contributed by atoms with E-state index in [1.807, 2.05) is 17.7 Å². The summed E-state index contributed by atoms with van der Waals surface area (Å²) < 4.78 is 1.99. The molecule has 2 aromatic rings. The van der Waals surface area contributed by atoms with Crippen LogP contribution in [-0.2, 0) is 15.0 Å². The molecule has 1 aliphatic carbocycles. The number of hydrogen-bond acceptors (Lipinski definition) is 3. The van der Waals surface area contributed by atoms with Crippen LogP contribution in [0.2, 0.25) is 0 Å². The minimum absolute atomic E-state index is 0.00485. The van der Waals surface area contributed by atoms with Gasteiger partial charge in [0.05, 0.1) is 17.8 Å². The number of nitrogens with zero attached hydrogens (tertiary/aromatic N) is 2. The molecule has 0 unspecified atom stereocenters. The second-order valence-corrected chi connectivity index (χ2v) is 9.09. The Kier molecular flexibility index (Phi) is 6.15. The summed E-state index contributed by atoms with van der Waals surface area (Å²) in [7, 11) is 0. The average molecular weight is 410 g/mol. The van der Waals surface area contributed by atoms with E-state index < -0.39 is 5.97 Å². The van der Waals surface area contributed by atoms with Crippen LogP contribution in [0.1, 0.15) is 68.5 Å². The zero-order chi connectivity index (χ0) is 22.1. The largest absolute Gasteiger partial charge is 0.481 e. The van der Waals surface area contributed by atoms with Crippen molar-refractivity contribution in [3.8, 4) is 5.69 Å². The zero-order valence-corrected chi connectivity index (χ0v) is 18.4. The van der Waals surface area contributed by atoms with Gasteiger partial charge in [0, 0.05) is 29.6 Å². The number of carbonyl (C=O) groups is 2. The fourth-order valence-corrected chi connectivity index (χ4v) is 4.06. The van der Waals surface area contributed by atoms with Gasteiger partial charge in [-0.1, -0.05) is 45.1 Å². The molecule has 0 radical (unpaired) electrons. The van der Waals surface area contributed by atoms with E-state index >= 15 is 0 Å². The number of hydrogen-bond donors (Lipinski definition) is 2. The van der Waals surface area contributed by atoms with E-state index in [0.29, 0.717) is 0 Å². The molecule has 1 aromatic heterocycles. The fourth-order valence-electron chi connectivity index (χ4n) is 4.06. The van der Waals surface area contributed by atoms with Crippen LogP contribution in [0, 0.1) is 13.8 Å². The number of aliphatic carboxylic acids is 1. The lowest BCUT2D eigenvalue weighted by Crippen LogP contribution is -2.32. The van der Waals surface area contributed by atoms with E-state index in [1.165, 1.54) is 11.1 Å². The van der Waals surface area contributed by atoms with Gasteiger partial charge in [-0.15, -0.1) is 0 Å². The van der Waals surface area contributed by atoms with Crippen molar-refractivity contribution in [2.75, 3.05) is 0 Å². The molecule has 0 saturated heterocycles. The lowest BCUT2D eigenvalue weighted by molar-refractivity contribution is -0.138. The zero-order valence-electron chi connectivity index (χ0n) is 18.4. The molecule has 160 valence electrons. The van der Waals surface area contributed by atoms with Crippen molar-refractivity contribution in [2.24, 2.45) is 0 Å². The fraction of sp³-hybridized carbons (Fsp3) is 0.458. The highest BCUT2D eigenvalue weighted by Gasteiger charge is 2.27. The van der Waals surface area contributed by atoms with Crippen LogP contribution in [-0.4, -0.2) is 32.8 Å². The molecule has 3 rings (SSSR count). The standard InChI is InChI=1S/C24H31N3O3/c1-15-23(17-6-9-19(14-17)25-21(28)12-13-22(29)30)16(2)27(26-15)20-10-7-18(8-11-20)24(3,4)5/h6-11,17,19H,12-14H2,1-5H3,(H,25,28)(H,29,30)/t17-,19+/m0/s1. The number of aromatic nitrogens is 2. The number of carboxylic acid groups (broad SMARTS) is 1. The van der Waals surface area contributed by atoms with Gasteiger partial charge in [0.1, 0.15) is 0 Å². The first-order chi connectivity index (χ1) is 14.1. The second-order valence-electron chi connectivity index (χ2n) is 9.09. The van der Waals surface area contributed by atoms with Crippen molar-refractivity contribution >= 4 is 11.9 Å². The number of carboxylic acids is 1. The highest BCUT2D eigenvalue weighted by atomic mass is 16.4. The van der Waals surface area contributed by atoms with Crippen molar-refractivity contribution < 1.29 is 14.7 Å². The Bertz CT molecular complexity index is 965. The van der Waals surface area contributed by atoms with Crippen LogP contribution < -0.4 is 5.32 Å². The monoisotopic (exact) mass is 409 g/mol. The summed E-state index contributed by atoms with van der Waals surface area (Å²) in [4.78, 5) is 22.6. The highest BCUT2D eigenvalue weighted by molar-refractivity contribution is 5.81. The summed E-state index contributed by atoms with van der Waals surface area (Å²) in [5, 5.41) is 16.4. The molecular weight excluding hydrogens is 378 g/mol. The summed E-state index contributed by atoms with van der Waals surface area (Å²) in [6.07, 6.45) is 4.73. The van der Waals surface area contributed by atoms with E-state index in [0.717, 1.165) is 23.5 Å². The van der Waals surface area contributed by atoms with Gasteiger partial charge in [0.2, 0.25) is 5.91 Å². The van der Waals surface area contributed by atoms with Gasteiger partial charge in [-0.05, 0) is 43.4 Å². The molecule has 6 nitrogen and oxygen atoms in total. The van der Waals surface area contributed by atoms with Gasteiger partial charge in [0.15, 0.2) is 0 Å². The smallest absolute Gasteiger partial charge is 0.303 e. The first kappa shape index (κ1) is 21.8. The van der Waals surface area contributed by atoms with Crippen molar-refractivity contribution in [1.29, 1.82) is 0 Å². The summed E-state index contributed by atoms with van der Waals surface area (Å²) >= 11 is 0. The van der Waals surface area contributed by atoms with E-state index in [4.69, 9.17) is 10.2 Å². The summed E-state index contributed by atoms with van der Waals surface area (Å²) in [5.74, 6) is -1.01. The lowest BCUT2D eigenvalue weighted by atomic mass is 9.87. The number of amides is 1. The Balaban J connectivity index is 1.73. The Morgan fingerprint density at radius 3 is 2.40 bits per heavy atom. The van der Waals surface area contributed by atoms with Crippen LogP contribution in [0.25, 0.3) is 5.69 Å². The summed E-state index contributed by atoms with van der Waals surface area (Å²) in [6.45, 7) is 10.7. The van der Waals surface area contributed by atoms with E-state index in [1.54, 1.807) is 0 Å². The number of nitrogens with one attached hydrogen (secondary N) is 1. The number of aryl methyl sites for hydroxylation is 1. The first-order valence-electron chi connectivity index (χ1n) is 10.4. The van der Waals surface area contributed by atoms with Gasteiger partial charge >= 0.3 is 5.97 Å². The van der Waals surface area contributed by atoms with Crippen molar-refractivity contribution in [1.82, 2.24) is 15.1 Å². The Morgan fingerprint density at radius 2 is 1.80 bits per heavy atom. The Labute approximate surface area is 178 Å². The van der Waals surface area contributed by atoms with Gasteiger partial charge in [-0.2, -0.15) is 5.10 Å². The molecule has 2 N–H and O–H groups in total. The second kappa shape index (κ2) is 8.46. The average Bonchev–Trinajstić information content (AvgIpc) is 3.23. The van der Waals surface area contributed by atoms with Crippen molar-refractivity contribution in [2.45, 2.75) is 71.3 Å². The maximum absolute atomic E-state index is 11.9. The first-order valence-corrected chi connectivity index (χ1v) is 10.4. The van der Waals surface area contributed by atoms with Gasteiger partial charge in [0.25, 0.3) is 0 Å². The third kappa shape index (κ3) is 4.81. The van der Waals surface area contributed by atoms with Crippen molar-refractivity contribution in [3.63, 3.8) is 0 Å². The molecule has 0 spiro atoms. The molecule has 30 heavy (non-hydrogen) atoms. The van der Waals surface area contributed by atoms with Gasteiger partial charge < -0.3 is 10.4 Å². The minimum Gasteiger partial charge on any atom is -0.481 e. The van der Waals surface area contributed by atoms with Gasteiger partial charge in [-0.3, -0.25) is 9.59 Å². The maximum atomic E-state index is 11.9. The molecule has 0 aliphatic heterocycles. The van der Waals surface area contributed by atoms with Crippen LogP contribution in [0.15, 0.2) is 36.4 Å². The van der Waals surface area contributed by atoms with E-state index in [2.05, 4.69) is 63.4 Å². The Hall–Kier alpha value is -2.89. The van der Waals surface area contributed by atoms with E-state index in [9.17, 15) is 9.59 Å². The molecule has 0 bridgehead atoms. The quantitative estimate of drug-likeness (QED) is 0.701. The number of allylic oxidation sites excluding steroid dienone is 1. The SMILES string of the molecule is Cc1nn(-c2ccc(C(C)(C)C)cc2)c(C)c1[C@H]1C=C[C@@H](NC(=O)CCC(=O)O)C1. The molecular formula is C24H31N3O3. The number of benzene rings is 1. The highest BCUT2D eigenvalue weighted by Crippen LogP contribution is 2.34. The summed E-state index contributed by atoms with van der Waals surface area (Å²) in [6, 6.07) is 8.46.